The van der Waals surface area contributed by atoms with Gasteiger partial charge < -0.3 is 18.5 Å². The number of benzene rings is 2. The Morgan fingerprint density at radius 2 is 1.90 bits per heavy atom. The molecule has 0 aliphatic carbocycles. The monoisotopic (exact) mass is 574 g/mol. The van der Waals surface area contributed by atoms with Gasteiger partial charge in [0.2, 0.25) is 0 Å². The zero-order valence-electron chi connectivity index (χ0n) is 20.5. The van der Waals surface area contributed by atoms with Crippen LogP contribution in [0, 0.1) is 11.3 Å². The number of ether oxygens (including phenoxy) is 1. The molecule has 9 nitrogen and oxygen atoms in total. The predicted molar refractivity (Wildman–Crippen MR) is 138 cm³/mol. The minimum absolute atomic E-state index is 0.0661. The number of hydrogen-bond donors (Lipinski definition) is 1. The third kappa shape index (κ3) is 5.15. The predicted octanol–water partition coefficient (Wildman–Crippen LogP) is 5.86. The zero-order valence-corrected chi connectivity index (χ0v) is 21.4. The highest BCUT2D eigenvalue weighted by molar-refractivity contribution is 7.81. The van der Waals surface area contributed by atoms with Gasteiger partial charge in [-0.25, -0.2) is 0 Å². The molecule has 14 heteroatoms. The second kappa shape index (κ2) is 9.83. The largest absolute Gasteiger partial charge is 0.573 e. The first-order valence-corrected chi connectivity index (χ1v) is 13.1. The molecule has 0 aliphatic rings. The Morgan fingerprint density at radius 3 is 2.58 bits per heavy atom. The highest BCUT2D eigenvalue weighted by Crippen LogP contribution is 2.39. The van der Waals surface area contributed by atoms with Gasteiger partial charge in [0.1, 0.15) is 11.4 Å². The van der Waals surface area contributed by atoms with Gasteiger partial charge in [0, 0.05) is 34.8 Å². The van der Waals surface area contributed by atoms with E-state index < -0.39 is 33.8 Å². The summed E-state index contributed by atoms with van der Waals surface area (Å²) in [5.41, 5.74) is 0.658. The molecule has 5 rings (SSSR count). The Balaban J connectivity index is 1.88. The maximum absolute atomic E-state index is 13.7. The number of nitrogens with zero attached hydrogens (tertiary/aromatic N) is 3. The van der Waals surface area contributed by atoms with Crippen LogP contribution in [-0.2, 0) is 17.0 Å². The topological polar surface area (TPSA) is 127 Å². The maximum Gasteiger partial charge on any atom is 0.573 e. The molecule has 206 valence electrons. The molecule has 5 aromatic rings. The van der Waals surface area contributed by atoms with E-state index >= 15 is 0 Å². The van der Waals surface area contributed by atoms with Gasteiger partial charge in [-0.2, -0.15) is 13.7 Å². The number of aryl methyl sites for hydroxylation is 1. The van der Waals surface area contributed by atoms with Crippen LogP contribution >= 0.6 is 0 Å². The molecular weight excluding hydrogens is 556 g/mol. The van der Waals surface area contributed by atoms with Gasteiger partial charge in [0.05, 0.1) is 34.1 Å². The summed E-state index contributed by atoms with van der Waals surface area (Å²) in [6, 6.07) is 9.98. The first-order chi connectivity index (χ1) is 18.9. The van der Waals surface area contributed by atoms with Gasteiger partial charge in [0.15, 0.2) is 11.2 Å². The standard InChI is InChI=1S/C26H18F4N4O5S/c1-2-3-6-34-21-9-18(15-8-16(13-32-12-15)39-40(30,36)37)22(38-26(27,28)29)10-19(21)24(35)23-17-5-4-14(11-31)7-20(17)33-25(23)34/h4-5,7-10,12-13,33H,2-3,6H2,1H3. The molecule has 0 saturated carbocycles. The molecule has 0 atom stereocenters. The maximum atomic E-state index is 13.7. The van der Waals surface area contributed by atoms with Gasteiger partial charge in [-0.15, -0.1) is 13.2 Å². The fourth-order valence-corrected chi connectivity index (χ4v) is 4.94. The van der Waals surface area contributed by atoms with Crippen molar-refractivity contribution in [3.8, 4) is 28.7 Å². The van der Waals surface area contributed by atoms with Crippen molar-refractivity contribution in [1.82, 2.24) is 14.5 Å². The number of hydrogen-bond acceptors (Lipinski definition) is 7. The van der Waals surface area contributed by atoms with Gasteiger partial charge in [-0.3, -0.25) is 9.78 Å². The van der Waals surface area contributed by atoms with Crippen molar-refractivity contribution < 1.29 is 34.4 Å². The van der Waals surface area contributed by atoms with Crippen LogP contribution in [0.15, 0.2) is 53.6 Å². The molecule has 0 bridgehead atoms. The molecule has 0 aliphatic heterocycles. The van der Waals surface area contributed by atoms with Crippen molar-refractivity contribution in [2.45, 2.75) is 32.7 Å². The van der Waals surface area contributed by atoms with Crippen molar-refractivity contribution in [2.75, 3.05) is 0 Å². The third-order valence-corrected chi connectivity index (χ3v) is 6.61. The third-order valence-electron chi connectivity index (χ3n) is 6.22. The molecule has 0 saturated heterocycles. The Bertz CT molecular complexity index is 2010. The number of H-pyrrole nitrogens is 1. The van der Waals surface area contributed by atoms with E-state index in [2.05, 4.69) is 18.9 Å². The number of aromatic amines is 1. The molecule has 3 heterocycles. The van der Waals surface area contributed by atoms with Crippen molar-refractivity contribution in [3.05, 3.63) is 64.6 Å². The normalized spacial score (nSPS) is 12.2. The Labute approximate surface area is 223 Å². The van der Waals surface area contributed by atoms with Gasteiger partial charge >= 0.3 is 16.9 Å². The van der Waals surface area contributed by atoms with Crippen LogP contribution in [0.4, 0.5) is 17.1 Å². The number of rotatable bonds is 7. The van der Waals surface area contributed by atoms with Gasteiger partial charge in [-0.05, 0) is 36.8 Å². The Hall–Kier alpha value is -4.64. The molecule has 1 N–H and O–H groups in total. The number of unbranched alkanes of at least 4 members (excludes halogenated alkanes) is 1. The van der Waals surface area contributed by atoms with E-state index in [-0.39, 0.29) is 27.4 Å². The molecule has 0 amide bonds. The number of alkyl halides is 3. The smallest absolute Gasteiger partial charge is 0.405 e. The lowest BCUT2D eigenvalue weighted by molar-refractivity contribution is -0.274. The molecule has 0 radical (unpaired) electrons. The van der Waals surface area contributed by atoms with Crippen LogP contribution in [0.5, 0.6) is 11.5 Å². The van der Waals surface area contributed by atoms with Crippen LogP contribution < -0.4 is 14.3 Å². The van der Waals surface area contributed by atoms with Crippen LogP contribution in [0.25, 0.3) is 44.0 Å². The first kappa shape index (κ1) is 26.9. The molecule has 0 fully saturated rings. The minimum Gasteiger partial charge on any atom is -0.405 e. The van der Waals surface area contributed by atoms with Crippen LogP contribution in [-0.4, -0.2) is 29.3 Å². The number of nitrogens with one attached hydrogen (secondary N) is 1. The number of nitriles is 1. The van der Waals surface area contributed by atoms with Crippen molar-refractivity contribution in [1.29, 1.82) is 5.26 Å². The number of pyridine rings is 2. The molecule has 0 unspecified atom stereocenters. The molecule has 0 spiro atoms. The van der Waals surface area contributed by atoms with Crippen molar-refractivity contribution in [3.63, 3.8) is 0 Å². The average molecular weight is 575 g/mol. The second-order valence-corrected chi connectivity index (χ2v) is 9.81. The molecule has 40 heavy (non-hydrogen) atoms. The van der Waals surface area contributed by atoms with E-state index in [4.69, 9.17) is 0 Å². The SMILES string of the molecule is CCCCn1c2cc(-c3cncc(OS(=O)(=O)F)c3)c(OC(F)(F)F)cc2c(=O)c2c3ccc(C#N)cc3[nH]c21. The lowest BCUT2D eigenvalue weighted by atomic mass is 10.0. The number of halogens is 4. The van der Waals surface area contributed by atoms with E-state index in [1.165, 1.54) is 12.1 Å². The number of fused-ring (bicyclic) bond motifs is 4. The summed E-state index contributed by atoms with van der Waals surface area (Å²) in [5.74, 6) is -1.34. The first-order valence-electron chi connectivity index (χ1n) is 11.8. The summed E-state index contributed by atoms with van der Waals surface area (Å²) in [5, 5.41) is 9.96. The lowest BCUT2D eigenvalue weighted by Gasteiger charge is -2.18. The highest BCUT2D eigenvalue weighted by atomic mass is 32.3. The van der Waals surface area contributed by atoms with Crippen LogP contribution in [0.1, 0.15) is 25.3 Å². The minimum atomic E-state index is -5.44. The second-order valence-electron chi connectivity index (χ2n) is 8.85. The summed E-state index contributed by atoms with van der Waals surface area (Å²) in [6.07, 6.45) is -1.75. The highest BCUT2D eigenvalue weighted by Gasteiger charge is 2.33. The van der Waals surface area contributed by atoms with Crippen molar-refractivity contribution in [2.24, 2.45) is 0 Å². The van der Waals surface area contributed by atoms with E-state index in [1.54, 1.807) is 16.7 Å². The zero-order chi connectivity index (χ0) is 28.8. The summed E-state index contributed by atoms with van der Waals surface area (Å²) >= 11 is 0. The quantitative estimate of drug-likeness (QED) is 0.191. The van der Waals surface area contributed by atoms with Gasteiger partial charge in [0.25, 0.3) is 0 Å². The Morgan fingerprint density at radius 1 is 1.12 bits per heavy atom. The fourth-order valence-electron chi connectivity index (χ4n) is 4.62. The van der Waals surface area contributed by atoms with E-state index in [1.807, 2.05) is 13.0 Å². The number of aromatic nitrogens is 3. The van der Waals surface area contributed by atoms with Crippen LogP contribution in [0.3, 0.4) is 0 Å². The Kier molecular flexibility index (Phi) is 6.62. The van der Waals surface area contributed by atoms with E-state index in [0.717, 1.165) is 30.9 Å². The summed E-state index contributed by atoms with van der Waals surface area (Å²) < 4.78 is 85.6. The summed E-state index contributed by atoms with van der Waals surface area (Å²) in [7, 11) is -5.44. The summed E-state index contributed by atoms with van der Waals surface area (Å²) in [4.78, 5) is 20.7. The average Bonchev–Trinajstić information content (AvgIpc) is 3.25. The lowest BCUT2D eigenvalue weighted by Crippen LogP contribution is -2.18. The summed E-state index contributed by atoms with van der Waals surface area (Å²) in [6.45, 7) is 2.32. The molecular formula is C26H18F4N4O5S. The van der Waals surface area contributed by atoms with Gasteiger partial charge in [-0.1, -0.05) is 23.3 Å². The van der Waals surface area contributed by atoms with E-state index in [0.29, 0.717) is 35.1 Å². The van der Waals surface area contributed by atoms with Crippen molar-refractivity contribution >= 4 is 43.3 Å². The molecule has 2 aromatic carbocycles. The molecule has 3 aromatic heterocycles. The van der Waals surface area contributed by atoms with Crippen LogP contribution in [0.2, 0.25) is 0 Å². The fraction of sp³-hybridized carbons (Fsp3) is 0.192. The van der Waals surface area contributed by atoms with E-state index in [9.17, 15) is 35.5 Å².